The molecule has 0 aliphatic carbocycles. The first-order valence-corrected chi connectivity index (χ1v) is 6.62. The van der Waals surface area contributed by atoms with E-state index in [-0.39, 0.29) is 17.9 Å². The number of rotatable bonds is 4. The quantitative estimate of drug-likeness (QED) is 0.486. The Hall–Kier alpha value is -1.26. The summed E-state index contributed by atoms with van der Waals surface area (Å²) in [5.74, 6) is -3.21. The summed E-state index contributed by atoms with van der Waals surface area (Å²) in [5.41, 5.74) is -1.62. The highest BCUT2D eigenvalue weighted by atomic mass is 35.5. The maximum atomic E-state index is 14.2. The van der Waals surface area contributed by atoms with E-state index in [0.29, 0.717) is 4.57 Å². The molecule has 2 rings (SSSR count). The monoisotopic (exact) mass is 324 g/mol. The first-order chi connectivity index (χ1) is 9.82. The van der Waals surface area contributed by atoms with Gasteiger partial charge >= 0.3 is 5.69 Å². The second kappa shape index (κ2) is 5.85. The molecule has 8 nitrogen and oxygen atoms in total. The number of hydrogen-bond acceptors (Lipinski definition) is 6. The number of aromatic nitrogens is 2. The van der Waals surface area contributed by atoms with Gasteiger partial charge in [-0.05, 0) is 6.42 Å². The zero-order valence-electron chi connectivity index (χ0n) is 10.7. The molecular weight excluding hydrogens is 311 g/mol. The number of aryl methyl sites for hydroxylation is 1. The highest BCUT2D eigenvalue weighted by Crippen LogP contribution is 2.38. The van der Waals surface area contributed by atoms with Gasteiger partial charge in [0, 0.05) is 17.6 Å². The summed E-state index contributed by atoms with van der Waals surface area (Å²) in [6.07, 6.45) is -4.22. The van der Waals surface area contributed by atoms with Crippen molar-refractivity contribution >= 4 is 11.6 Å². The van der Waals surface area contributed by atoms with E-state index in [9.17, 15) is 24.2 Å². The minimum Gasteiger partial charge on any atom is -0.394 e. The number of alkyl halides is 2. The molecule has 1 aliphatic rings. The van der Waals surface area contributed by atoms with Crippen molar-refractivity contribution < 1.29 is 24.4 Å². The van der Waals surface area contributed by atoms with Gasteiger partial charge in [-0.15, -0.1) is 11.6 Å². The van der Waals surface area contributed by atoms with Crippen LogP contribution in [0.1, 0.15) is 11.8 Å². The third kappa shape index (κ3) is 2.74. The van der Waals surface area contributed by atoms with Crippen LogP contribution in [0.15, 0.2) is 15.8 Å². The number of halogens is 2. The Morgan fingerprint density at radius 3 is 2.71 bits per heavy atom. The Morgan fingerprint density at radius 2 is 2.19 bits per heavy atom. The molecule has 21 heavy (non-hydrogen) atoms. The second-order valence-electron chi connectivity index (χ2n) is 4.64. The van der Waals surface area contributed by atoms with Crippen molar-refractivity contribution in [2.75, 3.05) is 12.5 Å². The van der Waals surface area contributed by atoms with E-state index in [1.165, 1.54) is 0 Å². The summed E-state index contributed by atoms with van der Waals surface area (Å²) in [6.45, 7) is -0.753. The smallest absolute Gasteiger partial charge is 0.330 e. The summed E-state index contributed by atoms with van der Waals surface area (Å²) >= 11 is 5.52. The van der Waals surface area contributed by atoms with Gasteiger partial charge in [-0.1, -0.05) is 0 Å². The van der Waals surface area contributed by atoms with Gasteiger partial charge in [0.15, 0.2) is 6.23 Å². The minimum absolute atomic E-state index is 0.0888. The van der Waals surface area contributed by atoms with Gasteiger partial charge in [0.2, 0.25) is 0 Å². The lowest BCUT2D eigenvalue weighted by Gasteiger charge is -2.23. The number of H-pyrrole nitrogens is 1. The third-order valence-corrected chi connectivity index (χ3v) is 3.44. The van der Waals surface area contributed by atoms with Gasteiger partial charge in [-0.25, -0.2) is 9.18 Å². The minimum atomic E-state index is -3.30. The molecule has 1 aromatic rings. The van der Waals surface area contributed by atoms with Crippen molar-refractivity contribution in [1.29, 1.82) is 0 Å². The zero-order valence-corrected chi connectivity index (χ0v) is 11.5. The Bertz CT molecular complexity index is 630. The molecule has 1 saturated heterocycles. The van der Waals surface area contributed by atoms with Crippen LogP contribution >= 0.6 is 11.6 Å². The number of ether oxygens (including phenoxy) is 1. The number of hydrogen-bond donors (Lipinski definition) is 4. The lowest BCUT2D eigenvalue weighted by atomic mass is 10.1. The molecule has 0 radical (unpaired) electrons. The van der Waals surface area contributed by atoms with Gasteiger partial charge in [0.05, 0.1) is 6.61 Å². The zero-order chi connectivity index (χ0) is 15.8. The van der Waals surface area contributed by atoms with E-state index in [2.05, 4.69) is 0 Å². The Kier molecular flexibility index (Phi) is 4.49. The summed E-state index contributed by atoms with van der Waals surface area (Å²) in [4.78, 5) is 25.2. The van der Waals surface area contributed by atoms with Gasteiger partial charge in [-0.3, -0.25) is 14.3 Å². The Morgan fingerprint density at radius 1 is 1.52 bits per heavy atom. The molecule has 1 aromatic heterocycles. The molecule has 118 valence electrons. The van der Waals surface area contributed by atoms with Crippen LogP contribution < -0.4 is 11.2 Å². The molecule has 1 unspecified atom stereocenters. The predicted octanol–water partition coefficient (Wildman–Crippen LogP) is -1.77. The van der Waals surface area contributed by atoms with Crippen LogP contribution in [0, 0.1) is 0 Å². The van der Waals surface area contributed by atoms with Crippen LogP contribution in [0.5, 0.6) is 0 Å². The fraction of sp³-hybridized carbons (Fsp3) is 0.636. The van der Waals surface area contributed by atoms with Crippen molar-refractivity contribution in [3.63, 3.8) is 0 Å². The summed E-state index contributed by atoms with van der Waals surface area (Å²) in [5, 5.41) is 28.2. The first-order valence-electron chi connectivity index (χ1n) is 6.09. The van der Waals surface area contributed by atoms with Crippen LogP contribution in [0.3, 0.4) is 0 Å². The number of aliphatic hydroxyl groups excluding tert-OH is 2. The van der Waals surface area contributed by atoms with Crippen molar-refractivity contribution in [2.45, 2.75) is 30.7 Å². The molecule has 0 amide bonds. The average Bonchev–Trinajstić information content (AvgIpc) is 2.65. The van der Waals surface area contributed by atoms with Crippen molar-refractivity contribution in [3.8, 4) is 0 Å². The molecule has 0 saturated carbocycles. The van der Waals surface area contributed by atoms with Crippen LogP contribution in [0.4, 0.5) is 4.39 Å². The number of nitrogens with zero attached hydrogens (tertiary/aromatic N) is 1. The van der Waals surface area contributed by atoms with Gasteiger partial charge in [0.1, 0.15) is 12.2 Å². The van der Waals surface area contributed by atoms with E-state index in [4.69, 9.17) is 21.4 Å². The molecule has 0 spiro atoms. The predicted molar refractivity (Wildman–Crippen MR) is 68.8 cm³/mol. The molecule has 1 fully saturated rings. The largest absolute Gasteiger partial charge is 0.394 e. The highest BCUT2D eigenvalue weighted by molar-refractivity contribution is 6.17. The van der Waals surface area contributed by atoms with Crippen molar-refractivity contribution in [2.24, 2.45) is 0 Å². The molecule has 0 bridgehead atoms. The van der Waals surface area contributed by atoms with E-state index in [0.717, 1.165) is 6.20 Å². The highest BCUT2D eigenvalue weighted by Gasteiger charge is 2.57. The lowest BCUT2D eigenvalue weighted by molar-refractivity contribution is -0.197. The molecule has 2 heterocycles. The summed E-state index contributed by atoms with van der Waals surface area (Å²) in [7, 11) is 0. The molecule has 0 aromatic carbocycles. The van der Waals surface area contributed by atoms with Gasteiger partial charge in [-0.2, -0.15) is 0 Å². The van der Waals surface area contributed by atoms with E-state index in [1.54, 1.807) is 0 Å². The molecule has 1 aliphatic heterocycles. The number of nitrogens with one attached hydrogen (secondary N) is 1. The fourth-order valence-corrected chi connectivity index (χ4v) is 2.33. The average molecular weight is 325 g/mol. The Balaban J connectivity index is 2.49. The summed E-state index contributed by atoms with van der Waals surface area (Å²) in [6, 6.07) is 0. The summed E-state index contributed by atoms with van der Waals surface area (Å²) < 4.78 is 19.8. The molecule has 10 heteroatoms. The van der Waals surface area contributed by atoms with Crippen molar-refractivity contribution in [3.05, 3.63) is 32.6 Å². The third-order valence-electron chi connectivity index (χ3n) is 3.25. The standard InChI is InChI=1S/C11H14ClFN2O6/c12-2-1-5-3-15(10(19)14-8(5)18)9-11(13,20)7(17)6(4-16)21-9/h3,6-7,9,16-17,20H,1-2,4H2,(H,14,18,19)/t6-,7-,9?,11+/m1/s1. The SMILES string of the molecule is O=c1[nH]c(=O)n(C2O[C@H](CO)[C@@H](O)[C@@]2(O)F)cc1CCCl. The second-order valence-corrected chi connectivity index (χ2v) is 5.02. The Labute approximate surface area is 122 Å². The van der Waals surface area contributed by atoms with Gasteiger partial charge in [0.25, 0.3) is 11.4 Å². The first kappa shape index (κ1) is 16.1. The molecule has 4 atom stereocenters. The maximum Gasteiger partial charge on any atom is 0.330 e. The van der Waals surface area contributed by atoms with E-state index in [1.807, 2.05) is 4.98 Å². The van der Waals surface area contributed by atoms with Gasteiger partial charge < -0.3 is 20.1 Å². The topological polar surface area (TPSA) is 125 Å². The molecular formula is C11H14ClFN2O6. The van der Waals surface area contributed by atoms with Crippen LogP contribution in [0.25, 0.3) is 0 Å². The normalized spacial score (nSPS) is 32.5. The van der Waals surface area contributed by atoms with E-state index < -0.39 is 42.1 Å². The lowest BCUT2D eigenvalue weighted by Crippen LogP contribution is -2.46. The molecule has 4 N–H and O–H groups in total. The van der Waals surface area contributed by atoms with Crippen LogP contribution in [-0.2, 0) is 11.2 Å². The van der Waals surface area contributed by atoms with Crippen molar-refractivity contribution in [1.82, 2.24) is 9.55 Å². The maximum absolute atomic E-state index is 14.2. The fourth-order valence-electron chi connectivity index (χ4n) is 2.13. The van der Waals surface area contributed by atoms with Crippen LogP contribution in [-0.4, -0.2) is 55.4 Å². The van der Waals surface area contributed by atoms with E-state index >= 15 is 0 Å². The number of aromatic amines is 1. The number of aliphatic hydroxyl groups is 3. The van der Waals surface area contributed by atoms with Crippen LogP contribution in [0.2, 0.25) is 0 Å².